The summed E-state index contributed by atoms with van der Waals surface area (Å²) in [6.07, 6.45) is 1.50. The van der Waals surface area contributed by atoms with Crippen LogP contribution >= 0.6 is 23.2 Å². The molecule has 0 aliphatic heterocycles. The number of halogens is 2. The lowest BCUT2D eigenvalue weighted by molar-refractivity contribution is -0.123. The van der Waals surface area contributed by atoms with Gasteiger partial charge >= 0.3 is 0 Å². The standard InChI is InChI=1S/C15H12Cl2N2O2/c16-12-5-3-4-11(8-12)9-18-19-15(20)10-21-14-7-2-1-6-13(14)17/h1-9H,10H2,(H,19,20)/b18-9+. The van der Waals surface area contributed by atoms with Crippen LogP contribution in [0.5, 0.6) is 5.75 Å². The number of ether oxygens (including phenoxy) is 1. The first-order valence-corrected chi connectivity index (χ1v) is 6.85. The van der Waals surface area contributed by atoms with Crippen LogP contribution in [-0.2, 0) is 4.79 Å². The Bertz CT molecular complexity index is 660. The van der Waals surface area contributed by atoms with E-state index in [-0.39, 0.29) is 12.5 Å². The van der Waals surface area contributed by atoms with Crippen molar-refractivity contribution in [2.75, 3.05) is 6.61 Å². The Balaban J connectivity index is 1.81. The van der Waals surface area contributed by atoms with Gasteiger partial charge in [0.25, 0.3) is 5.91 Å². The van der Waals surface area contributed by atoms with Crippen molar-refractivity contribution in [3.8, 4) is 5.75 Å². The van der Waals surface area contributed by atoms with Gasteiger partial charge in [0.2, 0.25) is 0 Å². The van der Waals surface area contributed by atoms with Crippen LogP contribution in [0.1, 0.15) is 5.56 Å². The number of hydrogen-bond donors (Lipinski definition) is 1. The van der Waals surface area contributed by atoms with Crippen LogP contribution in [0.2, 0.25) is 10.0 Å². The Kier molecular flexibility index (Phi) is 5.60. The van der Waals surface area contributed by atoms with Crippen molar-refractivity contribution in [1.82, 2.24) is 5.43 Å². The molecule has 2 aromatic rings. The molecule has 0 saturated carbocycles. The molecule has 0 atom stereocenters. The highest BCUT2D eigenvalue weighted by molar-refractivity contribution is 6.32. The molecule has 2 rings (SSSR count). The van der Waals surface area contributed by atoms with Gasteiger partial charge in [0.1, 0.15) is 5.75 Å². The van der Waals surface area contributed by atoms with Gasteiger partial charge in [-0.05, 0) is 29.8 Å². The third-order valence-corrected chi connectivity index (χ3v) is 2.99. The minimum absolute atomic E-state index is 0.170. The third kappa shape index (κ3) is 5.10. The maximum absolute atomic E-state index is 11.6. The van der Waals surface area contributed by atoms with Crippen molar-refractivity contribution >= 4 is 35.3 Å². The normalized spacial score (nSPS) is 10.6. The number of carbonyl (C=O) groups excluding carboxylic acids is 1. The number of nitrogens with zero attached hydrogens (tertiary/aromatic N) is 1. The molecule has 0 radical (unpaired) electrons. The van der Waals surface area contributed by atoms with Crippen LogP contribution in [0.15, 0.2) is 53.6 Å². The maximum Gasteiger partial charge on any atom is 0.277 e. The quantitative estimate of drug-likeness (QED) is 0.676. The van der Waals surface area contributed by atoms with Crippen LogP contribution in [0.25, 0.3) is 0 Å². The molecule has 108 valence electrons. The fourth-order valence-electron chi connectivity index (χ4n) is 1.50. The number of hydrazone groups is 1. The number of nitrogens with one attached hydrogen (secondary N) is 1. The smallest absolute Gasteiger partial charge is 0.277 e. The zero-order valence-electron chi connectivity index (χ0n) is 10.9. The lowest BCUT2D eigenvalue weighted by Crippen LogP contribution is -2.24. The average molecular weight is 323 g/mol. The zero-order chi connectivity index (χ0) is 15.1. The summed E-state index contributed by atoms with van der Waals surface area (Å²) in [5.74, 6) is 0.0707. The molecule has 1 amide bonds. The summed E-state index contributed by atoms with van der Waals surface area (Å²) in [5.41, 5.74) is 3.15. The second kappa shape index (κ2) is 7.67. The number of carbonyl (C=O) groups is 1. The Labute approximate surface area is 132 Å². The van der Waals surface area contributed by atoms with E-state index in [0.29, 0.717) is 15.8 Å². The van der Waals surface area contributed by atoms with Gasteiger partial charge in [0.05, 0.1) is 11.2 Å². The number of hydrogen-bond acceptors (Lipinski definition) is 3. The molecule has 0 unspecified atom stereocenters. The predicted octanol–water partition coefficient (Wildman–Crippen LogP) is 3.52. The first-order valence-electron chi connectivity index (χ1n) is 6.10. The summed E-state index contributed by atoms with van der Waals surface area (Å²) >= 11 is 11.7. The molecular weight excluding hydrogens is 311 g/mol. The van der Waals surface area contributed by atoms with E-state index < -0.39 is 0 Å². The Hall–Kier alpha value is -2.04. The fourth-order valence-corrected chi connectivity index (χ4v) is 1.89. The molecule has 0 bridgehead atoms. The van der Waals surface area contributed by atoms with Crippen molar-refractivity contribution in [1.29, 1.82) is 0 Å². The van der Waals surface area contributed by atoms with E-state index in [1.54, 1.807) is 42.5 Å². The minimum Gasteiger partial charge on any atom is -0.482 e. The van der Waals surface area contributed by atoms with Crippen LogP contribution < -0.4 is 10.2 Å². The van der Waals surface area contributed by atoms with Gasteiger partial charge in [-0.3, -0.25) is 4.79 Å². The summed E-state index contributed by atoms with van der Waals surface area (Å²) in [6.45, 7) is -0.170. The second-order valence-electron chi connectivity index (χ2n) is 4.07. The Morgan fingerprint density at radius 3 is 2.76 bits per heavy atom. The van der Waals surface area contributed by atoms with Crippen molar-refractivity contribution in [2.45, 2.75) is 0 Å². The van der Waals surface area contributed by atoms with E-state index >= 15 is 0 Å². The molecule has 0 aliphatic carbocycles. The maximum atomic E-state index is 11.6. The number of rotatable bonds is 5. The van der Waals surface area contributed by atoms with Crippen molar-refractivity contribution in [3.05, 3.63) is 64.1 Å². The van der Waals surface area contributed by atoms with Gasteiger partial charge in [0, 0.05) is 5.02 Å². The van der Waals surface area contributed by atoms with Crippen LogP contribution in [-0.4, -0.2) is 18.7 Å². The van der Waals surface area contributed by atoms with Crippen LogP contribution in [0.4, 0.5) is 0 Å². The molecule has 6 heteroatoms. The van der Waals surface area contributed by atoms with Gasteiger partial charge in [-0.2, -0.15) is 5.10 Å². The zero-order valence-corrected chi connectivity index (χ0v) is 12.4. The largest absolute Gasteiger partial charge is 0.482 e. The topological polar surface area (TPSA) is 50.7 Å². The molecule has 0 aromatic heterocycles. The molecule has 0 fully saturated rings. The lowest BCUT2D eigenvalue weighted by atomic mass is 10.2. The van der Waals surface area contributed by atoms with Gasteiger partial charge in [-0.25, -0.2) is 5.43 Å². The molecule has 1 N–H and O–H groups in total. The van der Waals surface area contributed by atoms with Crippen molar-refractivity contribution < 1.29 is 9.53 Å². The summed E-state index contributed by atoms with van der Waals surface area (Å²) in [7, 11) is 0. The highest BCUT2D eigenvalue weighted by Gasteiger charge is 2.04. The van der Waals surface area contributed by atoms with E-state index in [2.05, 4.69) is 10.5 Å². The van der Waals surface area contributed by atoms with E-state index in [1.807, 2.05) is 6.07 Å². The molecule has 0 aliphatic rings. The van der Waals surface area contributed by atoms with E-state index in [9.17, 15) is 4.79 Å². The molecule has 2 aromatic carbocycles. The monoisotopic (exact) mass is 322 g/mol. The van der Waals surface area contributed by atoms with Gasteiger partial charge in [-0.1, -0.05) is 47.5 Å². The number of para-hydroxylation sites is 1. The number of amides is 1. The third-order valence-electron chi connectivity index (χ3n) is 2.45. The number of benzene rings is 2. The van der Waals surface area contributed by atoms with Crippen molar-refractivity contribution in [3.63, 3.8) is 0 Å². The first-order chi connectivity index (χ1) is 10.1. The fraction of sp³-hybridized carbons (Fsp3) is 0.0667. The average Bonchev–Trinajstić information content (AvgIpc) is 2.46. The molecule has 0 saturated heterocycles. The predicted molar refractivity (Wildman–Crippen MR) is 84.1 cm³/mol. The highest BCUT2D eigenvalue weighted by Crippen LogP contribution is 2.22. The van der Waals surface area contributed by atoms with E-state index in [0.717, 1.165) is 5.56 Å². The van der Waals surface area contributed by atoms with E-state index in [4.69, 9.17) is 27.9 Å². The summed E-state index contributed by atoms with van der Waals surface area (Å²) < 4.78 is 5.28. The van der Waals surface area contributed by atoms with Gasteiger partial charge < -0.3 is 4.74 Å². The molecule has 0 heterocycles. The van der Waals surface area contributed by atoms with Crippen LogP contribution in [0.3, 0.4) is 0 Å². The molecule has 4 nitrogen and oxygen atoms in total. The summed E-state index contributed by atoms with van der Waals surface area (Å²) in [5, 5.41) is 4.88. The van der Waals surface area contributed by atoms with Crippen molar-refractivity contribution in [2.24, 2.45) is 5.10 Å². The molecule has 0 spiro atoms. The van der Waals surface area contributed by atoms with Crippen LogP contribution in [0, 0.1) is 0 Å². The SMILES string of the molecule is O=C(COc1ccccc1Cl)N/N=C/c1cccc(Cl)c1. The lowest BCUT2D eigenvalue weighted by Gasteiger charge is -2.06. The first kappa shape index (κ1) is 15.4. The Morgan fingerprint density at radius 2 is 2.00 bits per heavy atom. The van der Waals surface area contributed by atoms with Gasteiger partial charge in [0.15, 0.2) is 6.61 Å². The molecular formula is C15H12Cl2N2O2. The minimum atomic E-state index is -0.381. The highest BCUT2D eigenvalue weighted by atomic mass is 35.5. The molecule has 21 heavy (non-hydrogen) atoms. The second-order valence-corrected chi connectivity index (χ2v) is 4.91. The van der Waals surface area contributed by atoms with E-state index in [1.165, 1.54) is 6.21 Å². The summed E-state index contributed by atoms with van der Waals surface area (Å²) in [4.78, 5) is 11.6. The van der Waals surface area contributed by atoms with Gasteiger partial charge in [-0.15, -0.1) is 0 Å². The Morgan fingerprint density at radius 1 is 1.19 bits per heavy atom. The summed E-state index contributed by atoms with van der Waals surface area (Å²) in [6, 6.07) is 14.0.